The number of nitrogens with zero attached hydrogens (tertiary/aromatic N) is 2. The van der Waals surface area contributed by atoms with Crippen LogP contribution in [0.4, 0.5) is 11.4 Å². The van der Waals surface area contributed by atoms with Crippen LogP contribution in [0.5, 0.6) is 0 Å². The van der Waals surface area contributed by atoms with Crippen molar-refractivity contribution >= 4 is 17.3 Å². The van der Waals surface area contributed by atoms with Crippen LogP contribution in [-0.4, -0.2) is 15.8 Å². The van der Waals surface area contributed by atoms with Crippen molar-refractivity contribution in [3.05, 3.63) is 92.0 Å². The Kier molecular flexibility index (Phi) is 4.46. The van der Waals surface area contributed by atoms with Gasteiger partial charge in [-0.3, -0.25) is 20.2 Å². The van der Waals surface area contributed by atoms with E-state index in [-0.39, 0.29) is 16.9 Å². The van der Waals surface area contributed by atoms with Gasteiger partial charge < -0.3 is 9.47 Å². The first-order chi connectivity index (χ1) is 12.4. The van der Waals surface area contributed by atoms with Gasteiger partial charge in [0.2, 0.25) is 6.29 Å². The second-order valence-corrected chi connectivity index (χ2v) is 5.48. The highest BCUT2D eigenvalue weighted by Gasteiger charge is 2.35. The van der Waals surface area contributed by atoms with Crippen LogP contribution < -0.4 is 0 Å². The van der Waals surface area contributed by atoms with Crippen molar-refractivity contribution in [2.24, 2.45) is 0 Å². The zero-order valence-electron chi connectivity index (χ0n) is 13.2. The average molecular weight is 356 g/mol. The fraction of sp³-hybridized carbons (Fsp3) is 0.118. The van der Waals surface area contributed by atoms with E-state index in [4.69, 9.17) is 9.47 Å². The number of nitro benzene ring substituents is 2. The Labute approximate surface area is 146 Å². The number of nitro groups is 2. The quantitative estimate of drug-likeness (QED) is 0.356. The summed E-state index contributed by atoms with van der Waals surface area (Å²) in [6, 6.07) is 10.9. The van der Waals surface area contributed by atoms with Gasteiger partial charge in [0.1, 0.15) is 6.10 Å². The second-order valence-electron chi connectivity index (χ2n) is 5.48. The Morgan fingerprint density at radius 2 is 1.31 bits per heavy atom. The summed E-state index contributed by atoms with van der Waals surface area (Å²) in [5.74, 6) is -0.678. The minimum absolute atomic E-state index is 0.0528. The molecule has 1 saturated heterocycles. The molecule has 9 heteroatoms. The SMILES string of the molecule is C=C1C(=O)OC(c2ccc([N+](=O)[O-])cc2)OC1c1ccc([N+](=O)[O-])cc1. The number of hydrogen-bond acceptors (Lipinski definition) is 7. The fourth-order valence-electron chi connectivity index (χ4n) is 2.46. The second kappa shape index (κ2) is 6.73. The predicted octanol–water partition coefficient (Wildman–Crippen LogP) is 3.37. The molecule has 1 aliphatic heterocycles. The molecule has 26 heavy (non-hydrogen) atoms. The van der Waals surface area contributed by atoms with Crippen LogP contribution in [0.3, 0.4) is 0 Å². The lowest BCUT2D eigenvalue weighted by molar-refractivity contribution is -0.385. The largest absolute Gasteiger partial charge is 0.428 e. The summed E-state index contributed by atoms with van der Waals surface area (Å²) < 4.78 is 10.9. The first-order valence-electron chi connectivity index (χ1n) is 7.41. The maximum absolute atomic E-state index is 12.1. The molecule has 1 fully saturated rings. The maximum Gasteiger partial charge on any atom is 0.338 e. The minimum Gasteiger partial charge on any atom is -0.428 e. The van der Waals surface area contributed by atoms with Crippen LogP contribution in [0.1, 0.15) is 23.5 Å². The van der Waals surface area contributed by atoms with E-state index < -0.39 is 28.2 Å². The number of hydrogen-bond donors (Lipinski definition) is 0. The van der Waals surface area contributed by atoms with Crippen LogP contribution in [0.15, 0.2) is 60.7 Å². The molecular weight excluding hydrogens is 344 g/mol. The van der Waals surface area contributed by atoms with Crippen LogP contribution >= 0.6 is 0 Å². The summed E-state index contributed by atoms with van der Waals surface area (Å²) in [4.78, 5) is 32.5. The number of cyclic esters (lactones) is 1. The third kappa shape index (κ3) is 3.28. The summed E-state index contributed by atoms with van der Waals surface area (Å²) in [5, 5.41) is 21.5. The molecule has 9 nitrogen and oxygen atoms in total. The van der Waals surface area contributed by atoms with Crippen molar-refractivity contribution < 1.29 is 24.1 Å². The number of esters is 1. The zero-order chi connectivity index (χ0) is 18.8. The third-order valence-electron chi connectivity index (χ3n) is 3.84. The highest BCUT2D eigenvalue weighted by atomic mass is 16.7. The Morgan fingerprint density at radius 1 is 0.846 bits per heavy atom. The van der Waals surface area contributed by atoms with E-state index in [0.717, 1.165) is 0 Å². The summed E-state index contributed by atoms with van der Waals surface area (Å²) >= 11 is 0. The lowest BCUT2D eigenvalue weighted by Crippen LogP contribution is -2.28. The average Bonchev–Trinajstić information content (AvgIpc) is 2.64. The van der Waals surface area contributed by atoms with E-state index in [1.165, 1.54) is 48.5 Å². The zero-order valence-corrected chi connectivity index (χ0v) is 13.2. The maximum atomic E-state index is 12.1. The molecular formula is C17H12N2O7. The molecule has 0 radical (unpaired) electrons. The summed E-state index contributed by atoms with van der Waals surface area (Å²) in [5.41, 5.74) is 0.779. The lowest BCUT2D eigenvalue weighted by atomic mass is 10.0. The molecule has 0 bridgehead atoms. The van der Waals surface area contributed by atoms with Gasteiger partial charge in [-0.05, 0) is 29.8 Å². The molecule has 0 spiro atoms. The van der Waals surface area contributed by atoms with Crippen molar-refractivity contribution in [3.8, 4) is 0 Å². The number of carbonyl (C=O) groups is 1. The van der Waals surface area contributed by atoms with Gasteiger partial charge in [-0.15, -0.1) is 0 Å². The monoisotopic (exact) mass is 356 g/mol. The van der Waals surface area contributed by atoms with Gasteiger partial charge in [-0.2, -0.15) is 0 Å². The van der Waals surface area contributed by atoms with Crippen molar-refractivity contribution in [1.29, 1.82) is 0 Å². The number of ether oxygens (including phenoxy) is 2. The molecule has 0 aromatic heterocycles. The van der Waals surface area contributed by atoms with E-state index in [1.807, 2.05) is 0 Å². The van der Waals surface area contributed by atoms with E-state index in [2.05, 4.69) is 6.58 Å². The van der Waals surface area contributed by atoms with Crippen molar-refractivity contribution in [3.63, 3.8) is 0 Å². The Bertz CT molecular complexity index is 890. The first-order valence-corrected chi connectivity index (χ1v) is 7.41. The van der Waals surface area contributed by atoms with Gasteiger partial charge in [0.05, 0.1) is 15.4 Å². The van der Waals surface area contributed by atoms with E-state index in [0.29, 0.717) is 11.1 Å². The molecule has 1 heterocycles. The molecule has 0 saturated carbocycles. The third-order valence-corrected chi connectivity index (χ3v) is 3.84. The van der Waals surface area contributed by atoms with Gasteiger partial charge in [0, 0.05) is 29.8 Å². The molecule has 0 amide bonds. The molecule has 1 aliphatic rings. The standard InChI is InChI=1S/C17H12N2O7/c1-10-15(11-2-6-13(7-3-11)18(21)22)25-17(26-16(10)20)12-4-8-14(9-5-12)19(23)24/h2-9,15,17H,1H2. The topological polar surface area (TPSA) is 122 Å². The number of benzene rings is 2. The summed E-state index contributed by atoms with van der Waals surface area (Å²) in [7, 11) is 0. The van der Waals surface area contributed by atoms with E-state index in [1.54, 1.807) is 0 Å². The van der Waals surface area contributed by atoms with Gasteiger partial charge in [0.15, 0.2) is 0 Å². The Morgan fingerprint density at radius 3 is 1.77 bits per heavy atom. The first kappa shape index (κ1) is 17.2. The van der Waals surface area contributed by atoms with E-state index in [9.17, 15) is 25.0 Å². The van der Waals surface area contributed by atoms with Gasteiger partial charge >= 0.3 is 5.97 Å². The molecule has 2 unspecified atom stereocenters. The van der Waals surface area contributed by atoms with Gasteiger partial charge in [-0.1, -0.05) is 6.58 Å². The highest BCUT2D eigenvalue weighted by Crippen LogP contribution is 2.38. The smallest absolute Gasteiger partial charge is 0.338 e. The summed E-state index contributed by atoms with van der Waals surface area (Å²) in [6.45, 7) is 3.65. The normalized spacial score (nSPS) is 19.7. The number of rotatable bonds is 4. The van der Waals surface area contributed by atoms with Crippen molar-refractivity contribution in [1.82, 2.24) is 0 Å². The Balaban J connectivity index is 1.86. The molecule has 2 atom stereocenters. The van der Waals surface area contributed by atoms with E-state index >= 15 is 0 Å². The van der Waals surface area contributed by atoms with Crippen LogP contribution in [0.2, 0.25) is 0 Å². The molecule has 0 aliphatic carbocycles. The number of carbonyl (C=O) groups excluding carboxylic acids is 1. The predicted molar refractivity (Wildman–Crippen MR) is 88.0 cm³/mol. The van der Waals surface area contributed by atoms with Gasteiger partial charge in [-0.25, -0.2) is 4.79 Å². The van der Waals surface area contributed by atoms with Gasteiger partial charge in [0.25, 0.3) is 11.4 Å². The lowest BCUT2D eigenvalue weighted by Gasteiger charge is -2.31. The molecule has 2 aromatic carbocycles. The highest BCUT2D eigenvalue weighted by molar-refractivity contribution is 5.89. The van der Waals surface area contributed by atoms with Crippen LogP contribution in [0.25, 0.3) is 0 Å². The molecule has 132 valence electrons. The fourth-order valence-corrected chi connectivity index (χ4v) is 2.46. The van der Waals surface area contributed by atoms with Crippen molar-refractivity contribution in [2.45, 2.75) is 12.4 Å². The number of non-ortho nitro benzene ring substituents is 2. The Hall–Kier alpha value is -3.59. The van der Waals surface area contributed by atoms with Crippen molar-refractivity contribution in [2.75, 3.05) is 0 Å². The molecule has 0 N–H and O–H groups in total. The summed E-state index contributed by atoms with van der Waals surface area (Å²) in [6.07, 6.45) is -1.92. The molecule has 3 rings (SSSR count). The minimum atomic E-state index is -1.08. The van der Waals surface area contributed by atoms with Crippen LogP contribution in [0, 0.1) is 20.2 Å². The van der Waals surface area contributed by atoms with Crippen LogP contribution in [-0.2, 0) is 14.3 Å². The molecule has 2 aromatic rings.